The molecule has 2 aromatic carbocycles. The molecule has 0 bridgehead atoms. The molecule has 23 nitrogen and oxygen atoms in total. The van der Waals surface area contributed by atoms with Crippen molar-refractivity contribution >= 4 is 46.6 Å². The van der Waals surface area contributed by atoms with Gasteiger partial charge >= 0.3 is 12.1 Å². The van der Waals surface area contributed by atoms with Crippen LogP contribution < -0.4 is 15.8 Å². The predicted octanol–water partition coefficient (Wildman–Crippen LogP) is 4.57. The summed E-state index contributed by atoms with van der Waals surface area (Å²) >= 11 is -3.36. The van der Waals surface area contributed by atoms with Gasteiger partial charge in [0.05, 0.1) is 144 Å². The zero-order chi connectivity index (χ0) is 56.9. The minimum atomic E-state index is -3.36. The van der Waals surface area contributed by atoms with Crippen LogP contribution in [0.3, 0.4) is 0 Å². The maximum atomic E-state index is 14.0. The van der Waals surface area contributed by atoms with Crippen LogP contribution in [0.15, 0.2) is 52.4 Å². The Morgan fingerprint density at radius 1 is 0.658 bits per heavy atom. The molecule has 1 atom stereocenters. The third kappa shape index (κ3) is 26.0. The monoisotopic (exact) mass is 1150 g/mol. The van der Waals surface area contributed by atoms with Crippen molar-refractivity contribution in [2.75, 3.05) is 158 Å². The molecule has 4 rings (SSSR count). The van der Waals surface area contributed by atoms with E-state index in [0.717, 1.165) is 23.1 Å². The number of alkyl carbamates (subject to hydrolysis) is 1. The number of esters is 1. The van der Waals surface area contributed by atoms with Crippen LogP contribution >= 0.6 is 0 Å². The van der Waals surface area contributed by atoms with Crippen LogP contribution in [0.2, 0.25) is 0 Å². The summed E-state index contributed by atoms with van der Waals surface area (Å²) in [5.74, 6) is -11.3. The number of aliphatic imine (C=N–C) groups is 1. The molecule has 0 radical (unpaired) electrons. The van der Waals surface area contributed by atoms with E-state index in [9.17, 15) is 36.2 Å². The summed E-state index contributed by atoms with van der Waals surface area (Å²) < 4.78 is 139. The molecule has 4 N–H and O–H groups in total. The van der Waals surface area contributed by atoms with E-state index in [4.69, 9.17) is 62.4 Å². The number of carbonyl (C=O) groups excluding carboxylic acids is 3. The van der Waals surface area contributed by atoms with Crippen LogP contribution in [0.4, 0.5) is 28.0 Å². The molecule has 2 heterocycles. The number of nitrogens with two attached hydrogens (primary N) is 1. The molecule has 1 aromatic heterocycles. The minimum Gasteiger partial charge on any atom is -0.447 e. The standard InChI is InChI=1S/C51H70F4N6O17S/c1-2-8-61(50(63)39-31-38-5-4-37(40-34-57-36-58-35-40)32-41(38)60-42(56)33-39)9-3-7-59-51(64)77-30-29-76-28-27-75-26-25-74-24-23-73-22-21-72-20-19-71-18-17-70-16-15-69-14-13-68-12-11-67-10-6-43(62)78-48-44(52)46(54)49(79(65)66)47(55)45(48)53/h4-5,31-32,34-36H,2-3,6-30,33H2,1H3,(H2,56,60)(H,59,64)(H,65,66). The number of carbonyl (C=O) groups is 3. The number of aromatic nitrogens is 2. The number of nitrogens with one attached hydrogen (secondary N) is 1. The van der Waals surface area contributed by atoms with E-state index in [0.29, 0.717) is 136 Å². The van der Waals surface area contributed by atoms with Gasteiger partial charge in [-0.3, -0.25) is 9.59 Å². The Hall–Kier alpha value is -5.63. The molecule has 0 saturated heterocycles. The molecule has 2 amide bonds. The molecule has 0 aliphatic carbocycles. The zero-order valence-corrected chi connectivity index (χ0v) is 44.9. The number of amidine groups is 1. The summed E-state index contributed by atoms with van der Waals surface area (Å²) in [6, 6.07) is 5.75. The topological polar surface area (TPSA) is 279 Å². The predicted molar refractivity (Wildman–Crippen MR) is 276 cm³/mol. The first kappa shape index (κ1) is 65.9. The van der Waals surface area contributed by atoms with Gasteiger partial charge in [-0.25, -0.2) is 32.7 Å². The summed E-state index contributed by atoms with van der Waals surface area (Å²) in [6.07, 6.45) is 7.17. The fourth-order valence-electron chi connectivity index (χ4n) is 6.88. The number of rotatable bonds is 43. The van der Waals surface area contributed by atoms with E-state index < -0.39 is 63.5 Å². The molecule has 440 valence electrons. The van der Waals surface area contributed by atoms with Gasteiger partial charge in [-0.2, -0.15) is 8.78 Å². The maximum Gasteiger partial charge on any atom is 0.407 e. The van der Waals surface area contributed by atoms with E-state index >= 15 is 0 Å². The minimum absolute atomic E-state index is 0.0511. The molecule has 3 aromatic rings. The number of amides is 2. The molecule has 0 fully saturated rings. The van der Waals surface area contributed by atoms with E-state index in [1.807, 2.05) is 31.2 Å². The van der Waals surface area contributed by atoms with Gasteiger partial charge < -0.3 is 77.3 Å². The highest BCUT2D eigenvalue weighted by Crippen LogP contribution is 2.33. The van der Waals surface area contributed by atoms with E-state index in [1.54, 1.807) is 17.3 Å². The van der Waals surface area contributed by atoms with Gasteiger partial charge in [-0.15, -0.1) is 0 Å². The number of hydrogen-bond acceptors (Lipinski definition) is 20. The molecular formula is C51H70F4N6O17S. The molecule has 1 unspecified atom stereocenters. The third-order valence-corrected chi connectivity index (χ3v) is 11.4. The van der Waals surface area contributed by atoms with Gasteiger partial charge in [0, 0.05) is 55.1 Å². The second-order valence-corrected chi connectivity index (χ2v) is 17.5. The Bertz CT molecular complexity index is 2350. The lowest BCUT2D eigenvalue weighted by Gasteiger charge is -2.23. The van der Waals surface area contributed by atoms with Gasteiger partial charge in [0.15, 0.2) is 22.7 Å². The van der Waals surface area contributed by atoms with Crippen LogP contribution in [0.25, 0.3) is 17.2 Å². The average Bonchev–Trinajstić information content (AvgIpc) is 3.61. The van der Waals surface area contributed by atoms with Crippen molar-refractivity contribution in [1.29, 1.82) is 0 Å². The van der Waals surface area contributed by atoms with Crippen LogP contribution in [-0.4, -0.2) is 206 Å². The van der Waals surface area contributed by atoms with Crippen molar-refractivity contribution in [3.63, 3.8) is 0 Å². The van der Waals surface area contributed by atoms with Crippen LogP contribution in [-0.2, 0) is 72.8 Å². The number of hydrogen-bond donors (Lipinski definition) is 3. The smallest absolute Gasteiger partial charge is 0.407 e. The lowest BCUT2D eigenvalue weighted by molar-refractivity contribution is -0.136. The lowest BCUT2D eigenvalue weighted by atomic mass is 10.0. The normalized spacial score (nSPS) is 12.6. The van der Waals surface area contributed by atoms with Crippen molar-refractivity contribution in [2.45, 2.75) is 37.5 Å². The SMILES string of the molecule is CCCN(CCCNC(=O)OCCOCCOCCOCCOCCOCCOCCOCCOCCOCCOCCC(=O)Oc1c(F)c(F)c(S(=O)O)c(F)c1F)C(=O)C1=Cc2ccc(-c3cncnc3)cc2N=C(N)C1. The molecule has 28 heteroatoms. The second kappa shape index (κ2) is 39.7. The number of fused-ring (bicyclic) bond motifs is 1. The van der Waals surface area contributed by atoms with Crippen LogP contribution in [0, 0.1) is 23.3 Å². The van der Waals surface area contributed by atoms with Gasteiger partial charge in [-0.1, -0.05) is 19.1 Å². The van der Waals surface area contributed by atoms with E-state index in [1.165, 1.54) is 6.33 Å². The van der Waals surface area contributed by atoms with Crippen LogP contribution in [0.5, 0.6) is 5.75 Å². The van der Waals surface area contributed by atoms with Gasteiger partial charge in [-0.05, 0) is 30.5 Å². The summed E-state index contributed by atoms with van der Waals surface area (Å²) in [7, 11) is 0. The van der Waals surface area contributed by atoms with Gasteiger partial charge in [0.25, 0.3) is 0 Å². The first-order valence-electron chi connectivity index (χ1n) is 25.5. The first-order chi connectivity index (χ1) is 38.4. The molecular weight excluding hydrogens is 1080 g/mol. The molecule has 0 saturated carbocycles. The highest BCUT2D eigenvalue weighted by Gasteiger charge is 2.31. The largest absolute Gasteiger partial charge is 0.447 e. The number of benzene rings is 2. The Balaban J connectivity index is 0.836. The van der Waals surface area contributed by atoms with Crippen molar-refractivity contribution in [3.8, 4) is 16.9 Å². The fourth-order valence-corrected chi connectivity index (χ4v) is 7.37. The highest BCUT2D eigenvalue weighted by atomic mass is 32.2. The third-order valence-electron chi connectivity index (χ3n) is 10.7. The molecule has 79 heavy (non-hydrogen) atoms. The Morgan fingerprint density at radius 3 is 1.59 bits per heavy atom. The lowest BCUT2D eigenvalue weighted by Crippen LogP contribution is -2.36. The average molecular weight is 1150 g/mol. The highest BCUT2D eigenvalue weighted by molar-refractivity contribution is 7.79. The zero-order valence-electron chi connectivity index (χ0n) is 44.1. The number of ether oxygens (including phenoxy) is 12. The molecule has 1 aliphatic rings. The van der Waals surface area contributed by atoms with Crippen molar-refractivity contribution in [3.05, 3.63) is 71.3 Å². The Kier molecular flexibility index (Phi) is 33.1. The first-order valence-corrected chi connectivity index (χ1v) is 26.6. The van der Waals surface area contributed by atoms with Crippen LogP contribution in [0.1, 0.15) is 38.2 Å². The number of nitrogens with zero attached hydrogens (tertiary/aromatic N) is 4. The van der Waals surface area contributed by atoms with Crippen molar-refractivity contribution in [2.24, 2.45) is 10.7 Å². The molecule has 1 aliphatic heterocycles. The Morgan fingerprint density at radius 2 is 1.13 bits per heavy atom. The quantitative estimate of drug-likeness (QED) is 0.0175. The van der Waals surface area contributed by atoms with E-state index in [2.05, 4.69) is 25.0 Å². The van der Waals surface area contributed by atoms with Crippen molar-refractivity contribution < 1.29 is 97.5 Å². The second-order valence-electron chi connectivity index (χ2n) is 16.6. The Labute approximate surface area is 457 Å². The summed E-state index contributed by atoms with van der Waals surface area (Å²) in [6.45, 7) is 9.32. The van der Waals surface area contributed by atoms with Gasteiger partial charge in [0.1, 0.15) is 23.7 Å². The summed E-state index contributed by atoms with van der Waals surface area (Å²) in [5, 5.41) is 2.72. The maximum absolute atomic E-state index is 14.0. The van der Waals surface area contributed by atoms with Gasteiger partial charge in [0.2, 0.25) is 23.3 Å². The molecule has 0 spiro atoms. The number of halogens is 4. The summed E-state index contributed by atoms with van der Waals surface area (Å²) in [4.78, 5) is 50.5. The fraction of sp³-hybridized carbons (Fsp3) is 0.569. The van der Waals surface area contributed by atoms with Crippen molar-refractivity contribution in [1.82, 2.24) is 20.2 Å². The van der Waals surface area contributed by atoms with E-state index in [-0.39, 0.29) is 58.6 Å². The summed E-state index contributed by atoms with van der Waals surface area (Å²) in [5.41, 5.74) is 9.99.